The minimum absolute atomic E-state index is 0.0387. The van der Waals surface area contributed by atoms with Gasteiger partial charge in [-0.05, 0) is 49.6 Å². The highest BCUT2D eigenvalue weighted by Gasteiger charge is 2.04. The first-order chi connectivity index (χ1) is 10.1. The Balaban J connectivity index is 1.92. The summed E-state index contributed by atoms with van der Waals surface area (Å²) in [6.07, 6.45) is 0.963. The molecular weight excluding hydrogens is 260 g/mol. The molecule has 0 aliphatic rings. The molecule has 0 aromatic heterocycles. The van der Waals surface area contributed by atoms with E-state index in [1.807, 2.05) is 37.3 Å². The first-order valence-corrected chi connectivity index (χ1v) is 7.28. The number of nitrogens with one attached hydrogen (secondary N) is 2. The van der Waals surface area contributed by atoms with Gasteiger partial charge in [0.25, 0.3) is 0 Å². The van der Waals surface area contributed by atoms with Crippen LogP contribution in [0.15, 0.2) is 42.5 Å². The highest BCUT2D eigenvalue weighted by molar-refractivity contribution is 5.93. The number of benzene rings is 2. The van der Waals surface area contributed by atoms with E-state index in [-0.39, 0.29) is 12.5 Å². The van der Waals surface area contributed by atoms with Gasteiger partial charge < -0.3 is 10.6 Å². The lowest BCUT2D eigenvalue weighted by atomic mass is 10.1. The Bertz CT molecular complexity index is 635. The van der Waals surface area contributed by atoms with Crippen LogP contribution in [0.2, 0.25) is 0 Å². The zero-order chi connectivity index (χ0) is 15.2. The predicted molar refractivity (Wildman–Crippen MR) is 88.9 cm³/mol. The number of rotatable bonds is 5. The molecule has 0 unspecified atom stereocenters. The van der Waals surface area contributed by atoms with Gasteiger partial charge in [0.2, 0.25) is 5.91 Å². The molecule has 0 saturated carbocycles. The third-order valence-corrected chi connectivity index (χ3v) is 3.44. The molecule has 0 radical (unpaired) electrons. The van der Waals surface area contributed by atoms with E-state index in [1.54, 1.807) is 0 Å². The molecule has 2 N–H and O–H groups in total. The van der Waals surface area contributed by atoms with Crippen LogP contribution in [-0.4, -0.2) is 12.5 Å². The molecule has 2 rings (SSSR count). The molecule has 1 amide bonds. The second kappa shape index (κ2) is 6.93. The summed E-state index contributed by atoms with van der Waals surface area (Å²) < 4.78 is 0. The number of hydrogen-bond donors (Lipinski definition) is 2. The highest BCUT2D eigenvalue weighted by atomic mass is 16.1. The third kappa shape index (κ3) is 4.35. The molecule has 3 heteroatoms. The van der Waals surface area contributed by atoms with Crippen molar-refractivity contribution in [3.8, 4) is 0 Å². The van der Waals surface area contributed by atoms with Gasteiger partial charge in [-0.3, -0.25) is 4.79 Å². The molecule has 0 bridgehead atoms. The van der Waals surface area contributed by atoms with E-state index < -0.39 is 0 Å². The third-order valence-electron chi connectivity index (χ3n) is 3.44. The van der Waals surface area contributed by atoms with Crippen LogP contribution in [0.4, 0.5) is 11.4 Å². The van der Waals surface area contributed by atoms with Crippen molar-refractivity contribution in [3.05, 3.63) is 59.2 Å². The predicted octanol–water partition coefficient (Wildman–Crippen LogP) is 3.92. The summed E-state index contributed by atoms with van der Waals surface area (Å²) in [4.78, 5) is 12.0. The van der Waals surface area contributed by atoms with E-state index in [0.717, 1.165) is 23.4 Å². The second-order valence-corrected chi connectivity index (χ2v) is 5.27. The van der Waals surface area contributed by atoms with Crippen molar-refractivity contribution in [2.45, 2.75) is 27.2 Å². The van der Waals surface area contributed by atoms with Crippen LogP contribution in [-0.2, 0) is 11.2 Å². The first kappa shape index (κ1) is 15.1. The summed E-state index contributed by atoms with van der Waals surface area (Å²) in [5.41, 5.74) is 5.43. The maximum absolute atomic E-state index is 12.0. The molecule has 0 spiro atoms. The molecule has 0 aliphatic carbocycles. The van der Waals surface area contributed by atoms with Gasteiger partial charge in [0.1, 0.15) is 0 Å². The van der Waals surface area contributed by atoms with Crippen LogP contribution in [0.25, 0.3) is 0 Å². The molecule has 0 saturated heterocycles. The van der Waals surface area contributed by atoms with Crippen molar-refractivity contribution in [1.82, 2.24) is 0 Å². The van der Waals surface area contributed by atoms with Crippen molar-refractivity contribution in [2.75, 3.05) is 17.2 Å². The van der Waals surface area contributed by atoms with E-state index in [0.29, 0.717) is 0 Å². The fourth-order valence-corrected chi connectivity index (χ4v) is 2.26. The highest BCUT2D eigenvalue weighted by Crippen LogP contribution is 2.16. The Morgan fingerprint density at radius 1 is 1.10 bits per heavy atom. The Morgan fingerprint density at radius 3 is 2.62 bits per heavy atom. The molecule has 21 heavy (non-hydrogen) atoms. The Morgan fingerprint density at radius 2 is 1.90 bits per heavy atom. The maximum atomic E-state index is 12.0. The summed E-state index contributed by atoms with van der Waals surface area (Å²) in [6.45, 7) is 6.46. The lowest BCUT2D eigenvalue weighted by molar-refractivity contribution is -0.114. The van der Waals surface area contributed by atoms with Gasteiger partial charge in [0.15, 0.2) is 0 Å². The zero-order valence-corrected chi connectivity index (χ0v) is 12.9. The van der Waals surface area contributed by atoms with Crippen LogP contribution in [0, 0.1) is 13.8 Å². The van der Waals surface area contributed by atoms with Crippen molar-refractivity contribution < 1.29 is 4.79 Å². The first-order valence-electron chi connectivity index (χ1n) is 7.28. The average molecular weight is 282 g/mol. The largest absolute Gasteiger partial charge is 0.376 e. The van der Waals surface area contributed by atoms with Gasteiger partial charge in [-0.2, -0.15) is 0 Å². The topological polar surface area (TPSA) is 41.1 Å². The lowest BCUT2D eigenvalue weighted by Crippen LogP contribution is -2.22. The van der Waals surface area contributed by atoms with E-state index >= 15 is 0 Å². The number of hydrogen-bond acceptors (Lipinski definition) is 2. The molecule has 0 heterocycles. The van der Waals surface area contributed by atoms with Gasteiger partial charge in [0, 0.05) is 11.4 Å². The number of anilines is 2. The molecule has 0 atom stereocenters. The molecule has 110 valence electrons. The summed E-state index contributed by atoms with van der Waals surface area (Å²) >= 11 is 0. The van der Waals surface area contributed by atoms with E-state index in [1.165, 1.54) is 11.1 Å². The normalized spacial score (nSPS) is 10.2. The van der Waals surface area contributed by atoms with Crippen LogP contribution in [0.3, 0.4) is 0 Å². The standard InChI is InChI=1S/C18H22N2O/c1-4-15-6-5-7-16(11-15)20-18(21)12-19-17-9-8-13(2)10-14(17)3/h5-11,19H,4,12H2,1-3H3,(H,20,21). The Labute approximate surface area is 126 Å². The quantitative estimate of drug-likeness (QED) is 0.872. The minimum atomic E-state index is -0.0387. The molecular formula is C18H22N2O. The minimum Gasteiger partial charge on any atom is -0.376 e. The van der Waals surface area contributed by atoms with Gasteiger partial charge in [0.05, 0.1) is 6.54 Å². The van der Waals surface area contributed by atoms with Gasteiger partial charge >= 0.3 is 0 Å². The molecule has 2 aromatic carbocycles. The average Bonchev–Trinajstić information content (AvgIpc) is 2.46. The van der Waals surface area contributed by atoms with Crippen LogP contribution >= 0.6 is 0 Å². The zero-order valence-electron chi connectivity index (χ0n) is 12.9. The number of amides is 1. The summed E-state index contributed by atoms with van der Waals surface area (Å²) in [5, 5.41) is 6.09. The second-order valence-electron chi connectivity index (χ2n) is 5.27. The fraction of sp³-hybridized carbons (Fsp3) is 0.278. The molecule has 0 fully saturated rings. The smallest absolute Gasteiger partial charge is 0.243 e. The summed E-state index contributed by atoms with van der Waals surface area (Å²) in [5.74, 6) is -0.0387. The number of carbonyl (C=O) groups is 1. The number of carbonyl (C=O) groups excluding carboxylic acids is 1. The van der Waals surface area contributed by atoms with Crippen molar-refractivity contribution in [3.63, 3.8) is 0 Å². The Kier molecular flexibility index (Phi) is 4.99. The van der Waals surface area contributed by atoms with E-state index in [2.05, 4.69) is 36.6 Å². The van der Waals surface area contributed by atoms with Crippen molar-refractivity contribution in [1.29, 1.82) is 0 Å². The van der Waals surface area contributed by atoms with Crippen LogP contribution in [0.1, 0.15) is 23.6 Å². The molecule has 3 nitrogen and oxygen atoms in total. The van der Waals surface area contributed by atoms with Crippen molar-refractivity contribution >= 4 is 17.3 Å². The SMILES string of the molecule is CCc1cccc(NC(=O)CNc2ccc(C)cc2C)c1. The van der Waals surface area contributed by atoms with Gasteiger partial charge in [-0.15, -0.1) is 0 Å². The van der Waals surface area contributed by atoms with Crippen LogP contribution in [0.5, 0.6) is 0 Å². The van der Waals surface area contributed by atoms with Crippen molar-refractivity contribution in [2.24, 2.45) is 0 Å². The monoisotopic (exact) mass is 282 g/mol. The van der Waals surface area contributed by atoms with Gasteiger partial charge in [-0.25, -0.2) is 0 Å². The number of aryl methyl sites for hydroxylation is 3. The molecule has 0 aliphatic heterocycles. The Hall–Kier alpha value is -2.29. The van der Waals surface area contributed by atoms with Gasteiger partial charge in [-0.1, -0.05) is 36.8 Å². The van der Waals surface area contributed by atoms with E-state index in [4.69, 9.17) is 0 Å². The summed E-state index contributed by atoms with van der Waals surface area (Å²) in [7, 11) is 0. The van der Waals surface area contributed by atoms with Crippen LogP contribution < -0.4 is 10.6 Å². The maximum Gasteiger partial charge on any atom is 0.243 e. The van der Waals surface area contributed by atoms with E-state index in [9.17, 15) is 4.79 Å². The summed E-state index contributed by atoms with van der Waals surface area (Å²) in [6, 6.07) is 14.1. The lowest BCUT2D eigenvalue weighted by Gasteiger charge is -2.11. The molecule has 2 aromatic rings. The fourth-order valence-electron chi connectivity index (χ4n) is 2.26.